The fraction of sp³-hybridized carbons (Fsp3) is 0.238. The van der Waals surface area contributed by atoms with Crippen LogP contribution in [0.2, 0.25) is 5.02 Å². The number of anilines is 1. The minimum absolute atomic E-state index is 0.148. The lowest BCUT2D eigenvalue weighted by atomic mass is 10.0. The molecule has 0 aromatic heterocycles. The molecular formula is C21H21ClN2O4. The molecule has 3 rings (SSSR count). The number of hydrogen-bond donors (Lipinski definition) is 1. The number of likely N-dealkylation sites (N-methyl/N-ethyl adjacent to an activating group) is 1. The number of amides is 2. The van der Waals surface area contributed by atoms with Crippen LogP contribution in [0, 0.1) is 0 Å². The predicted octanol–water partition coefficient (Wildman–Crippen LogP) is 2.95. The van der Waals surface area contributed by atoms with E-state index in [2.05, 4.69) is 0 Å². The van der Waals surface area contributed by atoms with Crippen LogP contribution in [0.1, 0.15) is 12.5 Å². The van der Waals surface area contributed by atoms with Crippen molar-refractivity contribution in [1.29, 1.82) is 0 Å². The topological polar surface area (TPSA) is 70.1 Å². The summed E-state index contributed by atoms with van der Waals surface area (Å²) in [5.41, 5.74) is 1.47. The second kappa shape index (κ2) is 8.46. The maximum absolute atomic E-state index is 13.3. The predicted molar refractivity (Wildman–Crippen MR) is 108 cm³/mol. The van der Waals surface area contributed by atoms with Crippen LogP contribution in [0.25, 0.3) is 5.57 Å². The van der Waals surface area contributed by atoms with Crippen molar-refractivity contribution in [3.05, 3.63) is 64.8 Å². The molecule has 2 aromatic carbocycles. The largest absolute Gasteiger partial charge is 0.492 e. The van der Waals surface area contributed by atoms with Gasteiger partial charge in [0.2, 0.25) is 0 Å². The molecule has 0 aliphatic carbocycles. The van der Waals surface area contributed by atoms with E-state index in [1.54, 1.807) is 60.5 Å². The summed E-state index contributed by atoms with van der Waals surface area (Å²) >= 11 is 5.97. The van der Waals surface area contributed by atoms with E-state index in [4.69, 9.17) is 16.3 Å². The van der Waals surface area contributed by atoms with Gasteiger partial charge in [0.05, 0.1) is 24.5 Å². The van der Waals surface area contributed by atoms with E-state index in [1.165, 1.54) is 0 Å². The summed E-state index contributed by atoms with van der Waals surface area (Å²) in [5, 5.41) is 9.86. The van der Waals surface area contributed by atoms with Crippen molar-refractivity contribution in [3.8, 4) is 5.75 Å². The number of rotatable bonds is 7. The van der Waals surface area contributed by atoms with Crippen LogP contribution in [-0.2, 0) is 9.59 Å². The van der Waals surface area contributed by atoms with Gasteiger partial charge in [-0.05, 0) is 36.8 Å². The Hall–Kier alpha value is -2.83. The molecule has 1 aliphatic heterocycles. The first kappa shape index (κ1) is 19.9. The molecule has 1 N–H and O–H groups in total. The van der Waals surface area contributed by atoms with Gasteiger partial charge in [-0.2, -0.15) is 0 Å². The maximum atomic E-state index is 13.3. The quantitative estimate of drug-likeness (QED) is 0.723. The van der Waals surface area contributed by atoms with Crippen LogP contribution in [-0.4, -0.2) is 48.6 Å². The molecule has 146 valence electrons. The third-order valence-electron chi connectivity index (χ3n) is 4.42. The lowest BCUT2D eigenvalue weighted by Gasteiger charge is -2.21. The molecule has 28 heavy (non-hydrogen) atoms. The van der Waals surface area contributed by atoms with Crippen molar-refractivity contribution < 1.29 is 19.4 Å². The molecule has 0 unspecified atom stereocenters. The molecule has 2 amide bonds. The first-order valence-corrected chi connectivity index (χ1v) is 9.30. The van der Waals surface area contributed by atoms with Gasteiger partial charge < -0.3 is 14.7 Å². The average Bonchev–Trinajstić information content (AvgIpc) is 2.94. The van der Waals surface area contributed by atoms with Crippen molar-refractivity contribution in [2.45, 2.75) is 6.92 Å². The van der Waals surface area contributed by atoms with Gasteiger partial charge in [-0.1, -0.05) is 35.9 Å². The van der Waals surface area contributed by atoms with Crippen molar-refractivity contribution in [2.24, 2.45) is 0 Å². The third kappa shape index (κ3) is 3.61. The summed E-state index contributed by atoms with van der Waals surface area (Å²) in [6.07, 6.45) is 0. The molecule has 1 heterocycles. The summed E-state index contributed by atoms with van der Waals surface area (Å²) in [5.74, 6) is -0.453. The number of aliphatic hydroxyl groups excluding tert-OH is 1. The van der Waals surface area contributed by atoms with E-state index in [1.807, 2.05) is 6.92 Å². The molecule has 7 heteroatoms. The second-order valence-corrected chi connectivity index (χ2v) is 6.66. The Labute approximate surface area is 168 Å². The summed E-state index contributed by atoms with van der Waals surface area (Å²) in [6.45, 7) is 2.31. The summed E-state index contributed by atoms with van der Waals surface area (Å²) < 4.78 is 5.61. The van der Waals surface area contributed by atoms with Crippen LogP contribution in [0.15, 0.2) is 54.2 Å². The van der Waals surface area contributed by atoms with Crippen molar-refractivity contribution in [1.82, 2.24) is 4.90 Å². The average molecular weight is 401 g/mol. The number of aliphatic hydroxyl groups is 1. The minimum atomic E-state index is -0.460. The minimum Gasteiger partial charge on any atom is -0.492 e. The second-order valence-electron chi connectivity index (χ2n) is 6.22. The van der Waals surface area contributed by atoms with Crippen molar-refractivity contribution >= 4 is 34.7 Å². The van der Waals surface area contributed by atoms with Gasteiger partial charge in [0, 0.05) is 18.6 Å². The first-order chi connectivity index (χ1) is 13.5. The highest BCUT2D eigenvalue weighted by Gasteiger charge is 2.42. The molecule has 2 aromatic rings. The summed E-state index contributed by atoms with van der Waals surface area (Å²) in [4.78, 5) is 29.3. The first-order valence-electron chi connectivity index (χ1n) is 8.92. The molecule has 0 bridgehead atoms. The van der Waals surface area contributed by atoms with E-state index in [0.29, 0.717) is 28.6 Å². The Balaban J connectivity index is 2.13. The van der Waals surface area contributed by atoms with Gasteiger partial charge >= 0.3 is 0 Å². The van der Waals surface area contributed by atoms with Gasteiger partial charge in [-0.3, -0.25) is 9.59 Å². The molecule has 0 spiro atoms. The molecule has 0 saturated carbocycles. The molecule has 1 aliphatic rings. The number of imide groups is 1. The number of para-hydroxylation sites is 2. The van der Waals surface area contributed by atoms with Gasteiger partial charge in [-0.25, -0.2) is 4.90 Å². The highest BCUT2D eigenvalue weighted by Crippen LogP contribution is 2.38. The molecule has 0 fully saturated rings. The molecule has 6 nitrogen and oxygen atoms in total. The molecular weight excluding hydrogens is 380 g/mol. The molecule has 0 radical (unpaired) electrons. The summed E-state index contributed by atoms with van der Waals surface area (Å²) in [6, 6.07) is 13.7. The van der Waals surface area contributed by atoms with Gasteiger partial charge in [0.25, 0.3) is 11.8 Å². The molecule has 0 saturated heterocycles. The van der Waals surface area contributed by atoms with Crippen LogP contribution < -0.4 is 9.64 Å². The van der Waals surface area contributed by atoms with Gasteiger partial charge in [0.15, 0.2) is 0 Å². The monoisotopic (exact) mass is 400 g/mol. The smallest absolute Gasteiger partial charge is 0.282 e. The number of carbonyl (C=O) groups is 2. The van der Waals surface area contributed by atoms with Crippen LogP contribution in [0.4, 0.5) is 5.69 Å². The Morgan fingerprint density at radius 2 is 1.75 bits per heavy atom. The van der Waals surface area contributed by atoms with Crippen LogP contribution in [0.5, 0.6) is 5.75 Å². The van der Waals surface area contributed by atoms with Gasteiger partial charge in [-0.15, -0.1) is 0 Å². The van der Waals surface area contributed by atoms with Crippen LogP contribution in [0.3, 0.4) is 0 Å². The SMILES string of the molecule is CCOc1ccccc1N1C(=O)C(c2ccc(Cl)cc2)=C(N(C)CCO)C1=O. The van der Waals surface area contributed by atoms with E-state index in [9.17, 15) is 14.7 Å². The number of hydrogen-bond acceptors (Lipinski definition) is 5. The number of ether oxygens (including phenoxy) is 1. The zero-order valence-corrected chi connectivity index (χ0v) is 16.4. The molecule has 0 atom stereocenters. The van der Waals surface area contributed by atoms with E-state index in [0.717, 1.165) is 4.90 Å². The van der Waals surface area contributed by atoms with E-state index >= 15 is 0 Å². The van der Waals surface area contributed by atoms with E-state index < -0.39 is 11.8 Å². The Morgan fingerprint density at radius 1 is 1.07 bits per heavy atom. The Kier molecular flexibility index (Phi) is 6.02. The van der Waals surface area contributed by atoms with Gasteiger partial charge in [0.1, 0.15) is 11.4 Å². The highest BCUT2D eigenvalue weighted by molar-refractivity contribution is 6.45. The lowest BCUT2D eigenvalue weighted by Crippen LogP contribution is -2.35. The zero-order valence-electron chi connectivity index (χ0n) is 15.7. The number of carbonyl (C=O) groups excluding carboxylic acids is 2. The zero-order chi connectivity index (χ0) is 20.3. The number of benzene rings is 2. The number of nitrogens with zero attached hydrogens (tertiary/aromatic N) is 2. The van der Waals surface area contributed by atoms with E-state index in [-0.39, 0.29) is 24.4 Å². The van der Waals surface area contributed by atoms with Crippen molar-refractivity contribution in [3.63, 3.8) is 0 Å². The van der Waals surface area contributed by atoms with Crippen LogP contribution >= 0.6 is 11.6 Å². The standard InChI is InChI=1S/C21H21ClN2O4/c1-3-28-17-7-5-4-6-16(17)24-20(26)18(14-8-10-15(22)11-9-14)19(21(24)27)23(2)12-13-25/h4-11,25H,3,12-13H2,1-2H3. The fourth-order valence-corrected chi connectivity index (χ4v) is 3.28. The maximum Gasteiger partial charge on any atom is 0.282 e. The Bertz CT molecular complexity index is 924. The summed E-state index contributed by atoms with van der Waals surface area (Å²) in [7, 11) is 1.67. The highest BCUT2D eigenvalue weighted by atomic mass is 35.5. The normalized spacial score (nSPS) is 14.1. The fourth-order valence-electron chi connectivity index (χ4n) is 3.15. The lowest BCUT2D eigenvalue weighted by molar-refractivity contribution is -0.120. The number of halogens is 1. The van der Waals surface area contributed by atoms with Crippen molar-refractivity contribution in [2.75, 3.05) is 31.7 Å². The third-order valence-corrected chi connectivity index (χ3v) is 4.67. The Morgan fingerprint density at radius 3 is 2.39 bits per heavy atom.